The highest BCUT2D eigenvalue weighted by Gasteiger charge is 2.30. The highest BCUT2D eigenvalue weighted by atomic mass is 19.4. The number of nitrogens with one attached hydrogen (secondary N) is 2. The van der Waals surface area contributed by atoms with Crippen molar-refractivity contribution in [3.05, 3.63) is 65.7 Å². The Bertz CT molecular complexity index is 1160. The molecule has 0 atom stereocenters. The SMILES string of the molecule is CCNCCN(C)c1cc(C)c2cc(NC(=O)/C=C/c3ccc(OC(F)(F)F)cc3)ccc2n1. The first-order valence-corrected chi connectivity index (χ1v) is 10.8. The Balaban J connectivity index is 1.65. The van der Waals surface area contributed by atoms with E-state index in [2.05, 4.69) is 27.2 Å². The summed E-state index contributed by atoms with van der Waals surface area (Å²) in [5.74, 6) is 0.204. The number of aromatic nitrogens is 1. The minimum absolute atomic E-state index is 0.318. The van der Waals surface area contributed by atoms with Crippen LogP contribution in [0.15, 0.2) is 54.6 Å². The average molecular weight is 473 g/mol. The molecule has 0 fully saturated rings. The highest BCUT2D eigenvalue weighted by molar-refractivity contribution is 6.03. The van der Waals surface area contributed by atoms with E-state index in [1.54, 1.807) is 6.07 Å². The van der Waals surface area contributed by atoms with Crippen LogP contribution in [-0.4, -0.2) is 43.9 Å². The third-order valence-electron chi connectivity index (χ3n) is 5.08. The molecule has 0 aliphatic carbocycles. The molecule has 1 heterocycles. The lowest BCUT2D eigenvalue weighted by molar-refractivity contribution is -0.274. The number of anilines is 2. The van der Waals surface area contributed by atoms with Gasteiger partial charge in [-0.15, -0.1) is 13.2 Å². The molecule has 34 heavy (non-hydrogen) atoms. The molecular weight excluding hydrogens is 445 g/mol. The average Bonchev–Trinajstić information content (AvgIpc) is 2.78. The molecule has 2 N–H and O–H groups in total. The Morgan fingerprint density at radius 3 is 2.56 bits per heavy atom. The first-order chi connectivity index (χ1) is 16.1. The summed E-state index contributed by atoms with van der Waals surface area (Å²) in [6.45, 7) is 6.70. The van der Waals surface area contributed by atoms with E-state index in [4.69, 9.17) is 4.98 Å². The van der Waals surface area contributed by atoms with Crippen molar-refractivity contribution < 1.29 is 22.7 Å². The van der Waals surface area contributed by atoms with Crippen molar-refractivity contribution in [3.63, 3.8) is 0 Å². The molecule has 1 aromatic heterocycles. The van der Waals surface area contributed by atoms with Crippen LogP contribution in [0.3, 0.4) is 0 Å². The molecule has 3 rings (SSSR count). The number of ether oxygens (including phenoxy) is 1. The van der Waals surface area contributed by atoms with E-state index in [1.807, 2.05) is 32.2 Å². The second-order valence-corrected chi connectivity index (χ2v) is 7.74. The maximum absolute atomic E-state index is 12.3. The van der Waals surface area contributed by atoms with E-state index in [1.165, 1.54) is 36.4 Å². The lowest BCUT2D eigenvalue weighted by Gasteiger charge is -2.19. The van der Waals surface area contributed by atoms with Gasteiger partial charge in [0, 0.05) is 37.3 Å². The monoisotopic (exact) mass is 472 g/mol. The zero-order chi connectivity index (χ0) is 24.7. The molecular formula is C25H27F3N4O2. The van der Waals surface area contributed by atoms with Crippen LogP contribution >= 0.6 is 0 Å². The third kappa shape index (κ3) is 7.21. The number of alkyl halides is 3. The van der Waals surface area contributed by atoms with Gasteiger partial charge in [-0.05, 0) is 67.1 Å². The van der Waals surface area contributed by atoms with Crippen molar-refractivity contribution in [3.8, 4) is 5.75 Å². The fourth-order valence-corrected chi connectivity index (χ4v) is 3.32. The lowest BCUT2D eigenvalue weighted by Crippen LogP contribution is -2.29. The molecule has 6 nitrogen and oxygen atoms in total. The van der Waals surface area contributed by atoms with E-state index >= 15 is 0 Å². The summed E-state index contributed by atoms with van der Waals surface area (Å²) in [5, 5.41) is 7.03. The van der Waals surface area contributed by atoms with Crippen molar-refractivity contribution in [1.82, 2.24) is 10.3 Å². The Hall–Kier alpha value is -3.59. The summed E-state index contributed by atoms with van der Waals surface area (Å²) in [6, 6.07) is 12.8. The van der Waals surface area contributed by atoms with Gasteiger partial charge in [0.2, 0.25) is 5.91 Å². The van der Waals surface area contributed by atoms with Gasteiger partial charge in [0.15, 0.2) is 0 Å². The zero-order valence-corrected chi connectivity index (χ0v) is 19.2. The van der Waals surface area contributed by atoms with Crippen LogP contribution in [0.1, 0.15) is 18.1 Å². The highest BCUT2D eigenvalue weighted by Crippen LogP contribution is 2.25. The van der Waals surface area contributed by atoms with Crippen molar-refractivity contribution in [1.29, 1.82) is 0 Å². The summed E-state index contributed by atoms with van der Waals surface area (Å²) >= 11 is 0. The number of halogens is 3. The van der Waals surface area contributed by atoms with Crippen LogP contribution < -0.4 is 20.3 Å². The molecule has 180 valence electrons. The van der Waals surface area contributed by atoms with Gasteiger partial charge in [-0.1, -0.05) is 19.1 Å². The Morgan fingerprint density at radius 1 is 1.15 bits per heavy atom. The van der Waals surface area contributed by atoms with E-state index < -0.39 is 6.36 Å². The van der Waals surface area contributed by atoms with Gasteiger partial charge in [0.05, 0.1) is 5.52 Å². The maximum atomic E-state index is 12.3. The van der Waals surface area contributed by atoms with Crippen LogP contribution in [0.5, 0.6) is 5.75 Å². The molecule has 0 radical (unpaired) electrons. The zero-order valence-electron chi connectivity index (χ0n) is 19.2. The van der Waals surface area contributed by atoms with Crippen LogP contribution in [0.25, 0.3) is 17.0 Å². The predicted molar refractivity (Wildman–Crippen MR) is 129 cm³/mol. The number of hydrogen-bond acceptors (Lipinski definition) is 5. The topological polar surface area (TPSA) is 66.5 Å². The Morgan fingerprint density at radius 2 is 1.88 bits per heavy atom. The molecule has 2 aromatic carbocycles. The predicted octanol–water partition coefficient (Wildman–Crippen LogP) is 5.14. The summed E-state index contributed by atoms with van der Waals surface area (Å²) < 4.78 is 40.6. The van der Waals surface area contributed by atoms with E-state index in [9.17, 15) is 18.0 Å². The molecule has 0 spiro atoms. The Labute approximate surface area is 196 Å². The number of pyridine rings is 1. The van der Waals surface area contributed by atoms with Gasteiger partial charge in [0.1, 0.15) is 11.6 Å². The van der Waals surface area contributed by atoms with Gasteiger partial charge in [-0.3, -0.25) is 4.79 Å². The molecule has 9 heteroatoms. The quantitative estimate of drug-likeness (QED) is 0.334. The fourth-order valence-electron chi connectivity index (χ4n) is 3.32. The molecule has 3 aromatic rings. The van der Waals surface area contributed by atoms with Crippen LogP contribution in [0.4, 0.5) is 24.7 Å². The molecule has 0 aliphatic rings. The van der Waals surface area contributed by atoms with Crippen molar-refractivity contribution >= 4 is 34.4 Å². The number of benzene rings is 2. The van der Waals surface area contributed by atoms with E-state index in [0.29, 0.717) is 11.3 Å². The van der Waals surface area contributed by atoms with Crippen LogP contribution in [-0.2, 0) is 4.79 Å². The summed E-state index contributed by atoms with van der Waals surface area (Å²) in [4.78, 5) is 19.2. The molecule has 0 unspecified atom stereocenters. The smallest absolute Gasteiger partial charge is 0.406 e. The van der Waals surface area contributed by atoms with Gasteiger partial charge in [-0.2, -0.15) is 0 Å². The van der Waals surface area contributed by atoms with E-state index in [-0.39, 0.29) is 11.7 Å². The molecule has 0 aliphatic heterocycles. The number of rotatable bonds is 9. The minimum Gasteiger partial charge on any atom is -0.406 e. The van der Waals surface area contributed by atoms with Crippen molar-refractivity contribution in [2.24, 2.45) is 0 Å². The second-order valence-electron chi connectivity index (χ2n) is 7.74. The molecule has 1 amide bonds. The maximum Gasteiger partial charge on any atom is 0.573 e. The number of aryl methyl sites for hydroxylation is 1. The van der Waals surface area contributed by atoms with Crippen LogP contribution in [0.2, 0.25) is 0 Å². The first-order valence-electron chi connectivity index (χ1n) is 10.8. The summed E-state index contributed by atoms with van der Waals surface area (Å²) in [7, 11) is 2.00. The number of hydrogen-bond donors (Lipinski definition) is 2. The number of fused-ring (bicyclic) bond motifs is 1. The number of amides is 1. The molecule has 0 saturated carbocycles. The second kappa shape index (κ2) is 11.0. The van der Waals surface area contributed by atoms with Gasteiger partial charge in [0.25, 0.3) is 0 Å². The number of likely N-dealkylation sites (N-methyl/N-ethyl adjacent to an activating group) is 2. The van der Waals surface area contributed by atoms with Crippen molar-refractivity contribution in [2.75, 3.05) is 36.9 Å². The number of carbonyl (C=O) groups excluding carboxylic acids is 1. The van der Waals surface area contributed by atoms with Crippen molar-refractivity contribution in [2.45, 2.75) is 20.2 Å². The summed E-state index contributed by atoms with van der Waals surface area (Å²) in [6.07, 6.45) is -1.91. The Kier molecular flexibility index (Phi) is 8.12. The number of carbonyl (C=O) groups is 1. The molecule has 0 saturated heterocycles. The third-order valence-corrected chi connectivity index (χ3v) is 5.08. The number of nitrogens with zero attached hydrogens (tertiary/aromatic N) is 2. The van der Waals surface area contributed by atoms with Gasteiger partial charge < -0.3 is 20.3 Å². The van der Waals surface area contributed by atoms with Gasteiger partial charge in [-0.25, -0.2) is 4.98 Å². The minimum atomic E-state index is -4.74. The summed E-state index contributed by atoms with van der Waals surface area (Å²) in [5.41, 5.74) is 3.06. The standard InChI is InChI=1S/C25H27F3N4O2/c1-4-29-13-14-32(3)23-15-17(2)21-16-19(8-11-22(21)31-23)30-24(33)12-7-18-5-9-20(10-6-18)34-25(26,27)28/h5-12,15-16,29H,4,13-14H2,1-3H3,(H,30,33)/b12-7+. The van der Waals surface area contributed by atoms with E-state index in [0.717, 1.165) is 41.9 Å². The first kappa shape index (κ1) is 25.0. The fraction of sp³-hybridized carbons (Fsp3) is 0.280. The lowest BCUT2D eigenvalue weighted by atomic mass is 10.1. The molecule has 0 bridgehead atoms. The van der Waals surface area contributed by atoms with Gasteiger partial charge >= 0.3 is 6.36 Å². The normalized spacial score (nSPS) is 11.7. The van der Waals surface area contributed by atoms with Crippen LogP contribution in [0, 0.1) is 6.92 Å². The largest absolute Gasteiger partial charge is 0.573 e.